The second-order valence-corrected chi connectivity index (χ2v) is 7.00. The van der Waals surface area contributed by atoms with Gasteiger partial charge in [-0.15, -0.1) is 0 Å². The summed E-state index contributed by atoms with van der Waals surface area (Å²) in [5.74, 6) is 0.526. The molecule has 0 bridgehead atoms. The van der Waals surface area contributed by atoms with E-state index in [0.717, 1.165) is 18.7 Å². The lowest BCUT2D eigenvalue weighted by Crippen LogP contribution is -2.49. The summed E-state index contributed by atoms with van der Waals surface area (Å²) >= 11 is 0. The summed E-state index contributed by atoms with van der Waals surface area (Å²) in [6.45, 7) is 4.30. The summed E-state index contributed by atoms with van der Waals surface area (Å²) in [4.78, 5) is 12.0. The molecule has 1 heterocycles. The zero-order chi connectivity index (χ0) is 15.5. The van der Waals surface area contributed by atoms with E-state index in [1.54, 1.807) is 12.1 Å². The Hall–Kier alpha value is -1.44. The monoisotopic (exact) mass is 311 g/mol. The minimum Gasteiger partial charge on any atom is -0.356 e. The molecule has 4 N–H and O–H groups in total. The van der Waals surface area contributed by atoms with Crippen LogP contribution in [0.25, 0.3) is 0 Å². The van der Waals surface area contributed by atoms with Crippen molar-refractivity contribution in [2.75, 3.05) is 19.6 Å². The molecule has 1 saturated heterocycles. The number of hydrogen-bond acceptors (Lipinski definition) is 4. The summed E-state index contributed by atoms with van der Waals surface area (Å²) in [5, 5.41) is 11.1. The topological polar surface area (TPSA) is 101 Å². The average molecular weight is 311 g/mol. The Morgan fingerprint density at radius 3 is 2.48 bits per heavy atom. The number of hydrogen-bond donors (Lipinski definition) is 3. The molecule has 7 heteroatoms. The standard InChI is InChI=1S/C14H21N3O3S/c1-10(12-8-16-9-12)14(18)17-7-6-11-2-4-13(5-3-11)21(15,19)20/h2-5,10,12,16H,6-9H2,1H3,(H,17,18)(H2,15,19,20). The van der Waals surface area contributed by atoms with Gasteiger partial charge in [0.1, 0.15) is 0 Å². The van der Waals surface area contributed by atoms with Gasteiger partial charge in [-0.3, -0.25) is 4.79 Å². The molecule has 1 amide bonds. The SMILES string of the molecule is CC(C(=O)NCCc1ccc(S(N)(=O)=O)cc1)C1CNC1. The number of sulfonamides is 1. The quantitative estimate of drug-likeness (QED) is 0.680. The van der Waals surface area contributed by atoms with Crippen molar-refractivity contribution < 1.29 is 13.2 Å². The van der Waals surface area contributed by atoms with Gasteiger partial charge in [-0.1, -0.05) is 19.1 Å². The number of nitrogens with two attached hydrogens (primary N) is 1. The van der Waals surface area contributed by atoms with Crippen molar-refractivity contribution in [1.29, 1.82) is 0 Å². The van der Waals surface area contributed by atoms with Crippen LogP contribution in [0, 0.1) is 11.8 Å². The number of nitrogens with one attached hydrogen (secondary N) is 2. The summed E-state index contributed by atoms with van der Waals surface area (Å²) in [7, 11) is -3.65. The summed E-state index contributed by atoms with van der Waals surface area (Å²) in [5.41, 5.74) is 0.959. The highest BCUT2D eigenvalue weighted by Gasteiger charge is 2.28. The lowest BCUT2D eigenvalue weighted by atomic mass is 9.88. The molecule has 21 heavy (non-hydrogen) atoms. The van der Waals surface area contributed by atoms with Crippen molar-refractivity contribution in [3.63, 3.8) is 0 Å². The Kier molecular flexibility index (Phi) is 4.97. The Morgan fingerprint density at radius 2 is 2.00 bits per heavy atom. The first-order valence-corrected chi connectivity index (χ1v) is 8.53. The van der Waals surface area contributed by atoms with Crippen LogP contribution < -0.4 is 15.8 Å². The fourth-order valence-corrected chi connectivity index (χ4v) is 2.73. The molecule has 1 aliphatic rings. The van der Waals surface area contributed by atoms with Gasteiger partial charge in [0.25, 0.3) is 0 Å². The van der Waals surface area contributed by atoms with Gasteiger partial charge >= 0.3 is 0 Å². The van der Waals surface area contributed by atoms with Crippen LogP contribution in [0.5, 0.6) is 0 Å². The summed E-state index contributed by atoms with van der Waals surface area (Å²) in [6, 6.07) is 6.39. The van der Waals surface area contributed by atoms with E-state index in [4.69, 9.17) is 5.14 Å². The van der Waals surface area contributed by atoms with Crippen LogP contribution in [0.3, 0.4) is 0 Å². The molecule has 1 aliphatic heterocycles. The molecule has 1 atom stereocenters. The second-order valence-electron chi connectivity index (χ2n) is 5.44. The van der Waals surface area contributed by atoms with E-state index in [2.05, 4.69) is 10.6 Å². The minimum absolute atomic E-state index is 0.0241. The second kappa shape index (κ2) is 6.55. The van der Waals surface area contributed by atoms with Gasteiger partial charge < -0.3 is 10.6 Å². The Labute approximate surface area is 125 Å². The average Bonchev–Trinajstić information content (AvgIpc) is 2.36. The van der Waals surface area contributed by atoms with Gasteiger partial charge in [0.05, 0.1) is 4.90 Å². The Bertz CT molecular complexity index is 594. The summed E-state index contributed by atoms with van der Waals surface area (Å²) < 4.78 is 22.3. The maximum Gasteiger partial charge on any atom is 0.238 e. The van der Waals surface area contributed by atoms with E-state index < -0.39 is 10.0 Å². The lowest BCUT2D eigenvalue weighted by Gasteiger charge is -2.31. The zero-order valence-electron chi connectivity index (χ0n) is 12.0. The minimum atomic E-state index is -3.65. The molecule has 1 aromatic rings. The number of primary sulfonamides is 1. The van der Waals surface area contributed by atoms with Gasteiger partial charge in [0.15, 0.2) is 0 Å². The van der Waals surface area contributed by atoms with Crippen molar-refractivity contribution in [2.24, 2.45) is 17.0 Å². The molecule has 0 aromatic heterocycles. The van der Waals surface area contributed by atoms with Gasteiger partial charge in [-0.25, -0.2) is 13.6 Å². The number of carbonyl (C=O) groups excluding carboxylic acids is 1. The highest BCUT2D eigenvalue weighted by Crippen LogP contribution is 2.15. The fourth-order valence-electron chi connectivity index (χ4n) is 2.22. The van der Waals surface area contributed by atoms with Crippen molar-refractivity contribution in [3.8, 4) is 0 Å². The Balaban J connectivity index is 1.79. The largest absolute Gasteiger partial charge is 0.356 e. The van der Waals surface area contributed by atoms with Gasteiger partial charge in [0.2, 0.25) is 15.9 Å². The normalized spacial score (nSPS) is 17.0. The van der Waals surface area contributed by atoms with Crippen LogP contribution >= 0.6 is 0 Å². The van der Waals surface area contributed by atoms with Crippen LogP contribution in [0.1, 0.15) is 12.5 Å². The van der Waals surface area contributed by atoms with Gasteiger partial charge in [0, 0.05) is 12.5 Å². The van der Waals surface area contributed by atoms with E-state index in [-0.39, 0.29) is 16.7 Å². The first kappa shape index (κ1) is 15.9. The maximum atomic E-state index is 11.9. The number of benzene rings is 1. The third-order valence-electron chi connectivity index (χ3n) is 3.90. The molecule has 1 aromatic carbocycles. The van der Waals surface area contributed by atoms with Gasteiger partial charge in [-0.05, 0) is 43.1 Å². The molecule has 0 radical (unpaired) electrons. The highest BCUT2D eigenvalue weighted by molar-refractivity contribution is 7.89. The Morgan fingerprint density at radius 1 is 1.38 bits per heavy atom. The lowest BCUT2D eigenvalue weighted by molar-refractivity contribution is -0.126. The van der Waals surface area contributed by atoms with Gasteiger partial charge in [-0.2, -0.15) is 0 Å². The van der Waals surface area contributed by atoms with E-state index in [1.807, 2.05) is 6.92 Å². The summed E-state index contributed by atoms with van der Waals surface area (Å²) in [6.07, 6.45) is 0.659. The molecule has 6 nitrogen and oxygen atoms in total. The van der Waals surface area contributed by atoms with Crippen molar-refractivity contribution in [2.45, 2.75) is 18.2 Å². The molecule has 1 fully saturated rings. The van der Waals surface area contributed by atoms with E-state index in [1.165, 1.54) is 12.1 Å². The van der Waals surface area contributed by atoms with Crippen LogP contribution in [0.15, 0.2) is 29.2 Å². The van der Waals surface area contributed by atoms with Crippen LogP contribution in [0.4, 0.5) is 0 Å². The fraction of sp³-hybridized carbons (Fsp3) is 0.500. The molecule has 0 saturated carbocycles. The third-order valence-corrected chi connectivity index (χ3v) is 4.83. The predicted octanol–water partition coefficient (Wildman–Crippen LogP) is -0.152. The van der Waals surface area contributed by atoms with Crippen molar-refractivity contribution >= 4 is 15.9 Å². The van der Waals surface area contributed by atoms with Crippen molar-refractivity contribution in [3.05, 3.63) is 29.8 Å². The molecule has 0 aliphatic carbocycles. The molecular weight excluding hydrogens is 290 g/mol. The molecule has 0 spiro atoms. The van der Waals surface area contributed by atoms with Crippen LogP contribution in [-0.4, -0.2) is 34.0 Å². The molecule has 116 valence electrons. The predicted molar refractivity (Wildman–Crippen MR) is 80.1 cm³/mol. The maximum absolute atomic E-state index is 11.9. The van der Waals surface area contributed by atoms with E-state index >= 15 is 0 Å². The smallest absolute Gasteiger partial charge is 0.238 e. The van der Waals surface area contributed by atoms with Crippen LogP contribution in [0.2, 0.25) is 0 Å². The number of rotatable bonds is 6. The highest BCUT2D eigenvalue weighted by atomic mass is 32.2. The molecular formula is C14H21N3O3S. The van der Waals surface area contributed by atoms with E-state index in [9.17, 15) is 13.2 Å². The molecule has 2 rings (SSSR count). The number of carbonyl (C=O) groups is 1. The van der Waals surface area contributed by atoms with E-state index in [0.29, 0.717) is 18.9 Å². The first-order chi connectivity index (χ1) is 9.88. The molecule has 1 unspecified atom stereocenters. The van der Waals surface area contributed by atoms with Crippen molar-refractivity contribution in [1.82, 2.24) is 10.6 Å². The third kappa shape index (κ3) is 4.26. The zero-order valence-corrected chi connectivity index (χ0v) is 12.8. The first-order valence-electron chi connectivity index (χ1n) is 6.98. The number of amides is 1. The van der Waals surface area contributed by atoms with Crippen LogP contribution in [-0.2, 0) is 21.2 Å².